The molecule has 1 aliphatic heterocycles. The molecule has 0 atom stereocenters. The highest BCUT2D eigenvalue weighted by Crippen LogP contribution is 2.60. The van der Waals surface area contributed by atoms with Crippen LogP contribution in [0.4, 0.5) is 0 Å². The zero-order valence-electron chi connectivity index (χ0n) is 12.3. The first-order valence-electron chi connectivity index (χ1n) is 8.20. The Hall–Kier alpha value is -0.570. The molecule has 0 unspecified atom stereocenters. The van der Waals surface area contributed by atoms with Crippen LogP contribution in [0, 0.1) is 16.7 Å². The zero-order valence-corrected chi connectivity index (χ0v) is 12.3. The van der Waals surface area contributed by atoms with Crippen molar-refractivity contribution in [2.24, 2.45) is 16.7 Å². The molecule has 1 amide bonds. The Labute approximate surface area is 116 Å². The van der Waals surface area contributed by atoms with Crippen molar-refractivity contribution in [3.8, 4) is 0 Å². The largest absolute Gasteiger partial charge is 0.355 e. The predicted octanol–water partition coefficient (Wildman–Crippen LogP) is 2.46. The van der Waals surface area contributed by atoms with E-state index < -0.39 is 0 Å². The second kappa shape index (κ2) is 5.08. The van der Waals surface area contributed by atoms with Gasteiger partial charge in [-0.1, -0.05) is 13.3 Å². The fraction of sp³-hybridized carbons (Fsp3) is 0.938. The van der Waals surface area contributed by atoms with Gasteiger partial charge in [0.05, 0.1) is 5.41 Å². The molecule has 108 valence electrons. The molecule has 3 heteroatoms. The molecule has 2 aliphatic carbocycles. The molecular weight excluding hydrogens is 236 g/mol. The molecule has 3 aliphatic rings. The van der Waals surface area contributed by atoms with Gasteiger partial charge in [-0.3, -0.25) is 4.79 Å². The minimum absolute atomic E-state index is 0.0698. The van der Waals surface area contributed by atoms with Gasteiger partial charge in [0.25, 0.3) is 0 Å². The fourth-order valence-corrected chi connectivity index (χ4v) is 4.00. The van der Waals surface area contributed by atoms with Gasteiger partial charge in [-0.15, -0.1) is 0 Å². The first-order chi connectivity index (χ1) is 9.21. The molecule has 3 fully saturated rings. The number of hydrogen-bond donors (Lipinski definition) is 2. The Bertz CT molecular complexity index is 333. The maximum atomic E-state index is 12.7. The topological polar surface area (TPSA) is 41.1 Å². The summed E-state index contributed by atoms with van der Waals surface area (Å²) in [4.78, 5) is 12.7. The van der Waals surface area contributed by atoms with E-state index in [9.17, 15) is 4.79 Å². The van der Waals surface area contributed by atoms with Gasteiger partial charge in [-0.25, -0.2) is 0 Å². The van der Waals surface area contributed by atoms with Gasteiger partial charge in [-0.2, -0.15) is 0 Å². The Morgan fingerprint density at radius 2 is 1.89 bits per heavy atom. The fourth-order valence-electron chi connectivity index (χ4n) is 4.00. The average Bonchev–Trinajstić information content (AvgIpc) is 3.29. The van der Waals surface area contributed by atoms with Gasteiger partial charge in [0.2, 0.25) is 5.91 Å². The van der Waals surface area contributed by atoms with Gasteiger partial charge in [0.15, 0.2) is 0 Å². The lowest BCUT2D eigenvalue weighted by Gasteiger charge is -2.36. The van der Waals surface area contributed by atoms with E-state index in [1.165, 1.54) is 25.7 Å². The molecule has 0 aromatic heterocycles. The molecule has 0 aromatic rings. The quantitative estimate of drug-likeness (QED) is 0.774. The molecule has 19 heavy (non-hydrogen) atoms. The van der Waals surface area contributed by atoms with Gasteiger partial charge in [0.1, 0.15) is 0 Å². The number of carbonyl (C=O) groups excluding carboxylic acids is 1. The van der Waals surface area contributed by atoms with Gasteiger partial charge >= 0.3 is 0 Å². The van der Waals surface area contributed by atoms with Crippen molar-refractivity contribution >= 4 is 5.91 Å². The van der Waals surface area contributed by atoms with Crippen LogP contribution in [-0.2, 0) is 4.79 Å². The van der Waals surface area contributed by atoms with E-state index in [0.717, 1.165) is 51.2 Å². The Balaban J connectivity index is 1.57. The normalized spacial score (nSPS) is 27.8. The highest BCUT2D eigenvalue weighted by Gasteiger charge is 2.54. The SMILES string of the molecule is CCCC1(C(=O)NCC2(C3CC3)CC2)CCNCC1. The standard InChI is InChI=1S/C16H28N2O/c1-2-5-15(8-10-17-11-9-15)14(19)18-12-16(6-7-16)13-3-4-13/h13,17H,2-12H2,1H3,(H,18,19). The summed E-state index contributed by atoms with van der Waals surface area (Å²) in [6.45, 7) is 5.15. The van der Waals surface area contributed by atoms with Crippen LogP contribution in [0.25, 0.3) is 0 Å². The van der Waals surface area contributed by atoms with Crippen molar-refractivity contribution in [3.05, 3.63) is 0 Å². The van der Waals surface area contributed by atoms with Crippen molar-refractivity contribution in [3.63, 3.8) is 0 Å². The first kappa shape index (κ1) is 13.4. The van der Waals surface area contributed by atoms with Crippen LogP contribution in [0.5, 0.6) is 0 Å². The summed E-state index contributed by atoms with van der Waals surface area (Å²) in [5.41, 5.74) is 0.454. The van der Waals surface area contributed by atoms with E-state index in [0.29, 0.717) is 11.3 Å². The number of amides is 1. The molecule has 0 spiro atoms. The van der Waals surface area contributed by atoms with Crippen LogP contribution in [0.3, 0.4) is 0 Å². The maximum Gasteiger partial charge on any atom is 0.226 e. The molecule has 2 saturated carbocycles. The Morgan fingerprint density at radius 1 is 1.21 bits per heavy atom. The van der Waals surface area contributed by atoms with E-state index in [-0.39, 0.29) is 5.41 Å². The maximum absolute atomic E-state index is 12.7. The summed E-state index contributed by atoms with van der Waals surface area (Å²) < 4.78 is 0. The third-order valence-electron chi connectivity index (χ3n) is 5.71. The van der Waals surface area contributed by atoms with Gasteiger partial charge < -0.3 is 10.6 Å². The molecule has 0 bridgehead atoms. The predicted molar refractivity (Wildman–Crippen MR) is 76.8 cm³/mol. The lowest BCUT2D eigenvalue weighted by molar-refractivity contribution is -0.133. The molecule has 3 rings (SSSR count). The summed E-state index contributed by atoms with van der Waals surface area (Å²) >= 11 is 0. The van der Waals surface area contributed by atoms with Crippen LogP contribution in [0.2, 0.25) is 0 Å². The molecule has 0 aromatic carbocycles. The number of piperidine rings is 1. The summed E-state index contributed by atoms with van der Waals surface area (Å²) in [7, 11) is 0. The van der Waals surface area contributed by atoms with Crippen LogP contribution < -0.4 is 10.6 Å². The number of hydrogen-bond acceptors (Lipinski definition) is 2. The van der Waals surface area contributed by atoms with Crippen molar-refractivity contribution in [1.82, 2.24) is 10.6 Å². The van der Waals surface area contributed by atoms with Crippen molar-refractivity contribution < 1.29 is 4.79 Å². The minimum Gasteiger partial charge on any atom is -0.355 e. The van der Waals surface area contributed by atoms with E-state index in [1.807, 2.05) is 0 Å². The lowest BCUT2D eigenvalue weighted by atomic mass is 9.74. The van der Waals surface area contributed by atoms with Crippen LogP contribution in [0.1, 0.15) is 58.3 Å². The highest BCUT2D eigenvalue weighted by molar-refractivity contribution is 5.82. The van der Waals surface area contributed by atoms with E-state index in [4.69, 9.17) is 0 Å². The zero-order chi connectivity index (χ0) is 13.3. The van der Waals surface area contributed by atoms with Crippen molar-refractivity contribution in [1.29, 1.82) is 0 Å². The van der Waals surface area contributed by atoms with E-state index in [2.05, 4.69) is 17.6 Å². The summed E-state index contributed by atoms with van der Waals surface area (Å²) in [5, 5.41) is 6.72. The van der Waals surface area contributed by atoms with Crippen molar-refractivity contribution in [2.75, 3.05) is 19.6 Å². The Kier molecular flexibility index (Phi) is 3.59. The number of carbonyl (C=O) groups is 1. The summed E-state index contributed by atoms with van der Waals surface area (Å²) in [6.07, 6.45) is 9.70. The molecular formula is C16H28N2O. The monoisotopic (exact) mass is 264 g/mol. The number of rotatable bonds is 6. The molecule has 2 N–H and O–H groups in total. The third-order valence-corrected chi connectivity index (χ3v) is 5.71. The smallest absolute Gasteiger partial charge is 0.226 e. The highest BCUT2D eigenvalue weighted by atomic mass is 16.2. The van der Waals surface area contributed by atoms with Crippen LogP contribution in [0.15, 0.2) is 0 Å². The van der Waals surface area contributed by atoms with Crippen LogP contribution >= 0.6 is 0 Å². The van der Waals surface area contributed by atoms with Crippen molar-refractivity contribution in [2.45, 2.75) is 58.3 Å². The second-order valence-electron chi connectivity index (χ2n) is 7.10. The molecule has 1 heterocycles. The van der Waals surface area contributed by atoms with Crippen LogP contribution in [-0.4, -0.2) is 25.5 Å². The minimum atomic E-state index is -0.0698. The lowest BCUT2D eigenvalue weighted by Crippen LogP contribution is -2.48. The summed E-state index contributed by atoms with van der Waals surface area (Å²) in [5.74, 6) is 1.28. The first-order valence-corrected chi connectivity index (χ1v) is 8.20. The molecule has 1 saturated heterocycles. The number of nitrogens with one attached hydrogen (secondary N) is 2. The molecule has 3 nitrogen and oxygen atoms in total. The molecule has 0 radical (unpaired) electrons. The third kappa shape index (κ3) is 2.67. The second-order valence-corrected chi connectivity index (χ2v) is 7.10. The Morgan fingerprint density at radius 3 is 2.42 bits per heavy atom. The average molecular weight is 264 g/mol. The van der Waals surface area contributed by atoms with Gasteiger partial charge in [-0.05, 0) is 69.4 Å². The summed E-state index contributed by atoms with van der Waals surface area (Å²) in [6, 6.07) is 0. The van der Waals surface area contributed by atoms with E-state index >= 15 is 0 Å². The van der Waals surface area contributed by atoms with E-state index in [1.54, 1.807) is 0 Å². The van der Waals surface area contributed by atoms with Gasteiger partial charge in [0, 0.05) is 6.54 Å².